The summed E-state index contributed by atoms with van der Waals surface area (Å²) in [6.07, 6.45) is 1.11. The third-order valence-electron chi connectivity index (χ3n) is 4.95. The van der Waals surface area contributed by atoms with Crippen LogP contribution >= 0.6 is 0 Å². The van der Waals surface area contributed by atoms with E-state index in [-0.39, 0.29) is 6.10 Å². The van der Waals surface area contributed by atoms with Gasteiger partial charge in [-0.25, -0.2) is 4.98 Å². The van der Waals surface area contributed by atoms with Crippen molar-refractivity contribution in [3.8, 4) is 6.07 Å². The molecule has 26 heavy (non-hydrogen) atoms. The Labute approximate surface area is 153 Å². The van der Waals surface area contributed by atoms with Crippen molar-refractivity contribution in [2.75, 3.05) is 24.6 Å². The van der Waals surface area contributed by atoms with Crippen molar-refractivity contribution >= 4 is 16.7 Å². The van der Waals surface area contributed by atoms with E-state index in [2.05, 4.69) is 42.2 Å². The number of anilines is 1. The average molecular weight is 343 g/mol. The van der Waals surface area contributed by atoms with Crippen LogP contribution in [0.4, 0.5) is 5.82 Å². The zero-order valence-corrected chi connectivity index (χ0v) is 14.9. The molecule has 0 saturated carbocycles. The number of fused-ring (bicyclic) bond motifs is 1. The van der Waals surface area contributed by atoms with E-state index in [9.17, 15) is 0 Å². The largest absolute Gasteiger partial charge is 0.370 e. The number of morpholine rings is 1. The lowest BCUT2D eigenvalue weighted by Gasteiger charge is -2.34. The van der Waals surface area contributed by atoms with Gasteiger partial charge in [-0.05, 0) is 47.9 Å². The lowest BCUT2D eigenvalue weighted by Crippen LogP contribution is -2.38. The van der Waals surface area contributed by atoms with Gasteiger partial charge in [-0.3, -0.25) is 0 Å². The van der Waals surface area contributed by atoms with Crippen molar-refractivity contribution < 1.29 is 4.74 Å². The smallest absolute Gasteiger partial charge is 0.129 e. The maximum Gasteiger partial charge on any atom is 0.129 e. The van der Waals surface area contributed by atoms with Crippen LogP contribution in [0.2, 0.25) is 0 Å². The summed E-state index contributed by atoms with van der Waals surface area (Å²) in [6, 6.07) is 20.6. The van der Waals surface area contributed by atoms with Gasteiger partial charge in [0.25, 0.3) is 0 Å². The Balaban J connectivity index is 1.57. The molecule has 0 aliphatic carbocycles. The zero-order chi connectivity index (χ0) is 17.9. The quantitative estimate of drug-likeness (QED) is 0.713. The molecule has 0 N–H and O–H groups in total. The second-order valence-corrected chi connectivity index (χ2v) is 6.59. The molecule has 4 rings (SSSR count). The number of rotatable bonds is 3. The van der Waals surface area contributed by atoms with Crippen LogP contribution in [0.15, 0.2) is 54.6 Å². The fourth-order valence-corrected chi connectivity index (χ4v) is 3.39. The first-order valence-electron chi connectivity index (χ1n) is 9.03. The summed E-state index contributed by atoms with van der Waals surface area (Å²) >= 11 is 0. The maximum atomic E-state index is 9.03. The van der Waals surface area contributed by atoms with Crippen LogP contribution in [0, 0.1) is 11.3 Å². The van der Waals surface area contributed by atoms with Crippen LogP contribution in [0.25, 0.3) is 10.9 Å². The summed E-state index contributed by atoms with van der Waals surface area (Å²) < 4.78 is 6.00. The monoisotopic (exact) mass is 343 g/mol. The van der Waals surface area contributed by atoms with E-state index < -0.39 is 0 Å². The predicted octanol–water partition coefficient (Wildman–Crippen LogP) is 4.25. The molecule has 0 amide bonds. The van der Waals surface area contributed by atoms with Crippen molar-refractivity contribution in [1.82, 2.24) is 4.98 Å². The zero-order valence-electron chi connectivity index (χ0n) is 14.9. The second-order valence-electron chi connectivity index (χ2n) is 6.59. The fraction of sp³-hybridized carbons (Fsp3) is 0.273. The van der Waals surface area contributed by atoms with Gasteiger partial charge in [-0.2, -0.15) is 5.26 Å². The highest BCUT2D eigenvalue weighted by molar-refractivity contribution is 5.81. The minimum Gasteiger partial charge on any atom is -0.370 e. The molecule has 4 nitrogen and oxygen atoms in total. The first-order chi connectivity index (χ1) is 12.8. The third kappa shape index (κ3) is 3.26. The van der Waals surface area contributed by atoms with Crippen LogP contribution in [0.5, 0.6) is 0 Å². The summed E-state index contributed by atoms with van der Waals surface area (Å²) in [7, 11) is 0. The summed E-state index contributed by atoms with van der Waals surface area (Å²) in [5.74, 6) is 0.959. The Hall–Kier alpha value is -2.90. The SMILES string of the molecule is CCc1ccc(C2CN(c3ccc4cc(C#N)ccc4n3)CCO2)cc1. The van der Waals surface area contributed by atoms with Gasteiger partial charge in [-0.15, -0.1) is 0 Å². The molecule has 0 spiro atoms. The molecule has 4 heteroatoms. The number of hydrogen-bond donors (Lipinski definition) is 0. The molecule has 0 bridgehead atoms. The average Bonchev–Trinajstić information content (AvgIpc) is 2.73. The molecule has 2 aromatic carbocycles. The van der Waals surface area contributed by atoms with E-state index in [0.717, 1.165) is 36.2 Å². The van der Waals surface area contributed by atoms with Gasteiger partial charge in [0.1, 0.15) is 11.9 Å². The fourth-order valence-electron chi connectivity index (χ4n) is 3.39. The number of pyridine rings is 1. The molecule has 1 saturated heterocycles. The molecule has 130 valence electrons. The highest BCUT2D eigenvalue weighted by Crippen LogP contribution is 2.27. The normalized spacial score (nSPS) is 17.2. The molecule has 1 fully saturated rings. The molecule has 1 unspecified atom stereocenters. The Kier molecular flexibility index (Phi) is 4.55. The Morgan fingerprint density at radius 3 is 2.77 bits per heavy atom. The van der Waals surface area contributed by atoms with Crippen LogP contribution in [0.1, 0.15) is 29.7 Å². The number of nitriles is 1. The van der Waals surface area contributed by atoms with Crippen molar-refractivity contribution in [3.63, 3.8) is 0 Å². The van der Waals surface area contributed by atoms with E-state index in [0.29, 0.717) is 12.2 Å². The highest BCUT2D eigenvalue weighted by atomic mass is 16.5. The van der Waals surface area contributed by atoms with Crippen LogP contribution < -0.4 is 4.90 Å². The molecule has 1 aromatic heterocycles. The van der Waals surface area contributed by atoms with E-state index in [1.54, 1.807) is 0 Å². The summed E-state index contributed by atoms with van der Waals surface area (Å²) in [6.45, 7) is 4.48. The Bertz CT molecular complexity index is 959. The van der Waals surface area contributed by atoms with Gasteiger partial charge in [0, 0.05) is 18.5 Å². The molecular formula is C22H21N3O. The van der Waals surface area contributed by atoms with E-state index >= 15 is 0 Å². The summed E-state index contributed by atoms with van der Waals surface area (Å²) in [5, 5.41) is 10.0. The third-order valence-corrected chi connectivity index (χ3v) is 4.95. The van der Waals surface area contributed by atoms with E-state index in [1.807, 2.05) is 30.3 Å². The highest BCUT2D eigenvalue weighted by Gasteiger charge is 2.23. The molecule has 1 aliphatic rings. The van der Waals surface area contributed by atoms with Gasteiger partial charge in [0.05, 0.1) is 23.8 Å². The van der Waals surface area contributed by atoms with Crippen LogP contribution in [-0.2, 0) is 11.2 Å². The van der Waals surface area contributed by atoms with Gasteiger partial charge in [0.15, 0.2) is 0 Å². The number of nitrogens with zero attached hydrogens (tertiary/aromatic N) is 3. The lowest BCUT2D eigenvalue weighted by atomic mass is 10.0. The van der Waals surface area contributed by atoms with E-state index in [4.69, 9.17) is 15.0 Å². The van der Waals surface area contributed by atoms with Gasteiger partial charge < -0.3 is 9.64 Å². The second kappa shape index (κ2) is 7.15. The van der Waals surface area contributed by atoms with Gasteiger partial charge in [0.2, 0.25) is 0 Å². The van der Waals surface area contributed by atoms with Crippen molar-refractivity contribution in [2.24, 2.45) is 0 Å². The van der Waals surface area contributed by atoms with Crippen molar-refractivity contribution in [3.05, 3.63) is 71.3 Å². The number of hydrogen-bond acceptors (Lipinski definition) is 4. The Morgan fingerprint density at radius 1 is 1.15 bits per heavy atom. The number of aryl methyl sites for hydroxylation is 1. The van der Waals surface area contributed by atoms with Crippen LogP contribution in [0.3, 0.4) is 0 Å². The summed E-state index contributed by atoms with van der Waals surface area (Å²) in [5.41, 5.74) is 4.13. The Morgan fingerprint density at radius 2 is 2.00 bits per heavy atom. The van der Waals surface area contributed by atoms with Crippen molar-refractivity contribution in [2.45, 2.75) is 19.4 Å². The molecule has 0 radical (unpaired) electrons. The van der Waals surface area contributed by atoms with E-state index in [1.165, 1.54) is 11.1 Å². The molecular weight excluding hydrogens is 322 g/mol. The van der Waals surface area contributed by atoms with Gasteiger partial charge >= 0.3 is 0 Å². The standard InChI is InChI=1S/C22H21N3O/c1-2-16-3-6-18(7-4-16)21-15-25(11-12-26-21)22-10-8-19-13-17(14-23)5-9-20(19)24-22/h3-10,13,21H,2,11-12,15H2,1H3. The topological polar surface area (TPSA) is 49.2 Å². The van der Waals surface area contributed by atoms with Crippen LogP contribution in [-0.4, -0.2) is 24.7 Å². The number of aromatic nitrogens is 1. The van der Waals surface area contributed by atoms with Gasteiger partial charge in [-0.1, -0.05) is 31.2 Å². The minimum atomic E-state index is 0.0631. The molecule has 1 atom stereocenters. The first-order valence-corrected chi connectivity index (χ1v) is 9.03. The first kappa shape index (κ1) is 16.6. The molecule has 3 aromatic rings. The molecule has 1 aliphatic heterocycles. The van der Waals surface area contributed by atoms with Crippen molar-refractivity contribution in [1.29, 1.82) is 5.26 Å². The maximum absolute atomic E-state index is 9.03. The summed E-state index contributed by atoms with van der Waals surface area (Å²) in [4.78, 5) is 7.07. The molecule has 2 heterocycles. The number of benzene rings is 2. The lowest BCUT2D eigenvalue weighted by molar-refractivity contribution is 0.0395. The number of ether oxygens (including phenoxy) is 1. The minimum absolute atomic E-state index is 0.0631. The predicted molar refractivity (Wildman–Crippen MR) is 103 cm³/mol.